The van der Waals surface area contributed by atoms with Crippen LogP contribution in [0.2, 0.25) is 0 Å². The van der Waals surface area contributed by atoms with Crippen molar-refractivity contribution in [1.82, 2.24) is 9.55 Å². The lowest BCUT2D eigenvalue weighted by Gasteiger charge is -2.15. The van der Waals surface area contributed by atoms with Gasteiger partial charge in [0.05, 0.1) is 11.4 Å². The van der Waals surface area contributed by atoms with Gasteiger partial charge in [-0.2, -0.15) is 0 Å². The molecule has 106 valence electrons. The number of anilines is 1. The third-order valence-electron chi connectivity index (χ3n) is 3.68. The van der Waals surface area contributed by atoms with E-state index in [-0.39, 0.29) is 5.82 Å². The Hall–Kier alpha value is -1.36. The van der Waals surface area contributed by atoms with Crippen molar-refractivity contribution in [1.29, 1.82) is 0 Å². The van der Waals surface area contributed by atoms with Gasteiger partial charge in [-0.3, -0.25) is 4.57 Å². The molecule has 3 nitrogen and oxygen atoms in total. The van der Waals surface area contributed by atoms with Crippen LogP contribution in [0.25, 0.3) is 5.69 Å². The van der Waals surface area contributed by atoms with Crippen molar-refractivity contribution < 1.29 is 4.39 Å². The van der Waals surface area contributed by atoms with Gasteiger partial charge < -0.3 is 5.32 Å². The fourth-order valence-electron chi connectivity index (χ4n) is 2.71. The molecule has 0 aliphatic heterocycles. The zero-order valence-electron chi connectivity index (χ0n) is 11.4. The van der Waals surface area contributed by atoms with E-state index in [4.69, 9.17) is 0 Å². The highest BCUT2D eigenvalue weighted by Gasteiger charge is 2.18. The molecule has 1 aromatic carbocycles. The van der Waals surface area contributed by atoms with E-state index >= 15 is 0 Å². The fraction of sp³-hybridized carbons (Fsp3) is 0.400. The Kier molecular flexibility index (Phi) is 3.78. The molecule has 20 heavy (non-hydrogen) atoms. The van der Waals surface area contributed by atoms with Gasteiger partial charge in [0.15, 0.2) is 0 Å². The highest BCUT2D eigenvalue weighted by atomic mass is 79.9. The molecular formula is C15H17BrFN3. The number of nitrogens with zero attached hydrogens (tertiary/aromatic N) is 2. The summed E-state index contributed by atoms with van der Waals surface area (Å²) in [6.07, 6.45) is 6.81. The first-order valence-electron chi connectivity index (χ1n) is 6.91. The first-order valence-corrected chi connectivity index (χ1v) is 7.71. The summed E-state index contributed by atoms with van der Waals surface area (Å²) in [7, 11) is 0. The van der Waals surface area contributed by atoms with Gasteiger partial charge in [0.2, 0.25) is 5.95 Å². The van der Waals surface area contributed by atoms with Crippen molar-refractivity contribution in [2.75, 3.05) is 5.32 Å². The van der Waals surface area contributed by atoms with Crippen LogP contribution in [-0.4, -0.2) is 15.6 Å². The monoisotopic (exact) mass is 337 g/mol. The summed E-state index contributed by atoms with van der Waals surface area (Å²) >= 11 is 3.48. The molecule has 0 spiro atoms. The molecule has 1 aromatic heterocycles. The fourth-order valence-corrected chi connectivity index (χ4v) is 3.14. The Labute approximate surface area is 126 Å². The number of aromatic nitrogens is 2. The molecule has 0 amide bonds. The van der Waals surface area contributed by atoms with Crippen molar-refractivity contribution in [2.24, 2.45) is 0 Å². The molecule has 1 heterocycles. The summed E-state index contributed by atoms with van der Waals surface area (Å²) in [5.41, 5.74) is 1.69. The lowest BCUT2D eigenvalue weighted by molar-refractivity contribution is 0.626. The van der Waals surface area contributed by atoms with Crippen LogP contribution >= 0.6 is 15.9 Å². The van der Waals surface area contributed by atoms with Gasteiger partial charge in [0.25, 0.3) is 0 Å². The number of halogens is 2. The van der Waals surface area contributed by atoms with Crippen LogP contribution < -0.4 is 5.32 Å². The first-order chi connectivity index (χ1) is 9.63. The minimum atomic E-state index is -0.249. The number of hydrogen-bond acceptors (Lipinski definition) is 2. The zero-order valence-corrected chi connectivity index (χ0v) is 13.0. The Bertz CT molecular complexity index is 618. The van der Waals surface area contributed by atoms with E-state index in [0.29, 0.717) is 6.04 Å². The van der Waals surface area contributed by atoms with Gasteiger partial charge in [-0.15, -0.1) is 0 Å². The molecule has 1 fully saturated rings. The maximum atomic E-state index is 13.5. The third-order valence-corrected chi connectivity index (χ3v) is 4.35. The second-order valence-electron chi connectivity index (χ2n) is 5.30. The first kappa shape index (κ1) is 13.6. The lowest BCUT2D eigenvalue weighted by Crippen LogP contribution is -2.17. The summed E-state index contributed by atoms with van der Waals surface area (Å²) in [4.78, 5) is 4.53. The van der Waals surface area contributed by atoms with E-state index in [9.17, 15) is 4.39 Å². The topological polar surface area (TPSA) is 29.9 Å². The second kappa shape index (κ2) is 5.56. The molecule has 1 saturated carbocycles. The number of hydrogen-bond donors (Lipinski definition) is 1. The average molecular weight is 338 g/mol. The van der Waals surface area contributed by atoms with E-state index < -0.39 is 0 Å². The van der Waals surface area contributed by atoms with Gasteiger partial charge >= 0.3 is 0 Å². The van der Waals surface area contributed by atoms with Crippen LogP contribution in [0, 0.1) is 12.7 Å². The highest BCUT2D eigenvalue weighted by Crippen LogP contribution is 2.28. The predicted octanol–water partition coefficient (Wildman–Crippen LogP) is 4.44. The molecule has 1 N–H and O–H groups in total. The maximum absolute atomic E-state index is 13.5. The van der Waals surface area contributed by atoms with Crippen LogP contribution in [0.5, 0.6) is 0 Å². The molecule has 0 bridgehead atoms. The van der Waals surface area contributed by atoms with Gasteiger partial charge in [-0.25, -0.2) is 9.37 Å². The van der Waals surface area contributed by atoms with Crippen LogP contribution in [0.4, 0.5) is 10.3 Å². The molecule has 0 radical (unpaired) electrons. The maximum Gasteiger partial charge on any atom is 0.207 e. The minimum Gasteiger partial charge on any atom is -0.353 e. The molecule has 0 unspecified atom stereocenters. The quantitative estimate of drug-likeness (QED) is 0.897. The number of rotatable bonds is 3. The molecule has 0 atom stereocenters. The molecule has 0 saturated heterocycles. The normalized spacial score (nSPS) is 15.8. The van der Waals surface area contributed by atoms with E-state index in [2.05, 4.69) is 26.2 Å². The molecule has 5 heteroatoms. The molecule has 3 rings (SSSR count). The van der Waals surface area contributed by atoms with Crippen LogP contribution in [0.3, 0.4) is 0 Å². The summed E-state index contributed by atoms with van der Waals surface area (Å²) in [6, 6.07) is 5.16. The lowest BCUT2D eigenvalue weighted by atomic mass is 10.2. The third kappa shape index (κ3) is 2.73. The van der Waals surface area contributed by atoms with Crippen LogP contribution in [-0.2, 0) is 0 Å². The Morgan fingerprint density at radius 3 is 2.85 bits per heavy atom. The van der Waals surface area contributed by atoms with E-state index in [1.165, 1.54) is 37.8 Å². The second-order valence-corrected chi connectivity index (χ2v) is 6.15. The minimum absolute atomic E-state index is 0.249. The molecule has 1 aliphatic rings. The van der Waals surface area contributed by atoms with Crippen molar-refractivity contribution in [2.45, 2.75) is 38.6 Å². The number of benzene rings is 1. The number of imidazole rings is 1. The highest BCUT2D eigenvalue weighted by molar-refractivity contribution is 9.10. The summed E-state index contributed by atoms with van der Waals surface area (Å²) in [5.74, 6) is 0.544. The molecule has 1 aliphatic carbocycles. The van der Waals surface area contributed by atoms with Gasteiger partial charge in [-0.1, -0.05) is 12.8 Å². The standard InChI is InChI=1S/C15H17BrFN3/c1-10-9-20(14-8-11(17)6-7-13(14)16)15(18-10)19-12-4-2-3-5-12/h6-9,12H,2-5H2,1H3,(H,18,19). The molecule has 2 aromatic rings. The Morgan fingerprint density at radius 1 is 1.35 bits per heavy atom. The predicted molar refractivity (Wildman–Crippen MR) is 81.8 cm³/mol. The van der Waals surface area contributed by atoms with E-state index in [0.717, 1.165) is 21.8 Å². The van der Waals surface area contributed by atoms with Gasteiger partial charge in [0.1, 0.15) is 5.82 Å². The van der Waals surface area contributed by atoms with E-state index in [1.54, 1.807) is 6.07 Å². The van der Waals surface area contributed by atoms with Crippen molar-refractivity contribution in [3.63, 3.8) is 0 Å². The number of aryl methyl sites for hydroxylation is 1. The van der Waals surface area contributed by atoms with Crippen molar-refractivity contribution in [3.8, 4) is 5.69 Å². The largest absolute Gasteiger partial charge is 0.353 e. The number of nitrogens with one attached hydrogen (secondary N) is 1. The molecular weight excluding hydrogens is 321 g/mol. The smallest absolute Gasteiger partial charge is 0.207 e. The average Bonchev–Trinajstić information content (AvgIpc) is 3.03. The van der Waals surface area contributed by atoms with Gasteiger partial charge in [0, 0.05) is 16.7 Å². The van der Waals surface area contributed by atoms with Crippen molar-refractivity contribution >= 4 is 21.9 Å². The van der Waals surface area contributed by atoms with Gasteiger partial charge in [-0.05, 0) is 53.9 Å². The Balaban J connectivity index is 1.97. The summed E-state index contributed by atoms with van der Waals surface area (Å²) < 4.78 is 16.3. The van der Waals surface area contributed by atoms with E-state index in [1.807, 2.05) is 17.7 Å². The SMILES string of the molecule is Cc1cn(-c2cc(F)ccc2Br)c(NC2CCCC2)n1. The zero-order chi connectivity index (χ0) is 14.1. The summed E-state index contributed by atoms with van der Waals surface area (Å²) in [5, 5.41) is 3.48. The van der Waals surface area contributed by atoms with Crippen LogP contribution in [0.1, 0.15) is 31.4 Å². The summed E-state index contributed by atoms with van der Waals surface area (Å²) in [6.45, 7) is 1.95. The van der Waals surface area contributed by atoms with Crippen molar-refractivity contribution in [3.05, 3.63) is 40.4 Å². The Morgan fingerprint density at radius 2 is 2.10 bits per heavy atom. The van der Waals surface area contributed by atoms with Crippen LogP contribution in [0.15, 0.2) is 28.9 Å².